The standard InChI is InChI=1S/C68H63N3/c1-5-69-64-28-18-16-26-57(64)60-43-51(33-38-66(60)69)47(3)59(40-48-20-10-7-11-21-48)52-34-37-63-54(41-52)42-53-32-30-50(31-36-62(53)71(63)56-24-14-9-15-25-56)46-68(4,45-49-22-12-8-13-23-49)55-35-39-67-61(44-55)58-27-17-19-29-65(58)70(67)6-2/h7-31,33-39,41,43-44,47,59H,5-6,32,40,42,45-46H2,1-4H3/t47?,59?,68-/m1/s1. The van der Waals surface area contributed by atoms with Gasteiger partial charge >= 0.3 is 0 Å². The lowest BCUT2D eigenvalue weighted by atomic mass is 9.72. The lowest BCUT2D eigenvalue weighted by Crippen LogP contribution is -2.26. The highest BCUT2D eigenvalue weighted by molar-refractivity contribution is 6.09. The molecule has 8 aromatic carbocycles. The molecule has 3 heterocycles. The summed E-state index contributed by atoms with van der Waals surface area (Å²) in [5.41, 5.74) is 20.1. The van der Waals surface area contributed by atoms with E-state index in [1.54, 1.807) is 0 Å². The van der Waals surface area contributed by atoms with Gasteiger partial charge in [-0.15, -0.1) is 0 Å². The quantitative estimate of drug-likeness (QED) is 0.112. The largest absolute Gasteiger partial charge is 0.341 e. The summed E-state index contributed by atoms with van der Waals surface area (Å²) in [6.07, 6.45) is 12.1. The number of aromatic nitrogens is 2. The number of benzene rings is 8. The van der Waals surface area contributed by atoms with Crippen molar-refractivity contribution in [2.75, 3.05) is 4.90 Å². The number of fused-ring (bicyclic) bond motifs is 7. The Bertz CT molecular complexity index is 3680. The molecule has 10 aromatic rings. The van der Waals surface area contributed by atoms with Crippen LogP contribution in [0.2, 0.25) is 0 Å². The van der Waals surface area contributed by atoms with E-state index in [9.17, 15) is 0 Å². The molecule has 0 amide bonds. The molecular formula is C68H63N3. The summed E-state index contributed by atoms with van der Waals surface area (Å²) < 4.78 is 4.93. The predicted octanol–water partition coefficient (Wildman–Crippen LogP) is 17.5. The second-order valence-corrected chi connectivity index (χ2v) is 20.6. The van der Waals surface area contributed by atoms with E-state index < -0.39 is 0 Å². The average Bonchev–Trinajstić information content (AvgIpc) is 3.84. The molecule has 0 radical (unpaired) electrons. The topological polar surface area (TPSA) is 13.1 Å². The Kier molecular flexibility index (Phi) is 11.7. The van der Waals surface area contributed by atoms with Gasteiger partial charge in [0.1, 0.15) is 0 Å². The Balaban J connectivity index is 0.909. The molecule has 0 N–H and O–H groups in total. The molecule has 0 bridgehead atoms. The fraction of sp³-hybridized carbons (Fsp3) is 0.206. The Morgan fingerprint density at radius 1 is 0.521 bits per heavy atom. The van der Waals surface area contributed by atoms with Gasteiger partial charge in [-0.3, -0.25) is 0 Å². The van der Waals surface area contributed by atoms with Crippen molar-refractivity contribution in [3.8, 4) is 0 Å². The highest BCUT2D eigenvalue weighted by atomic mass is 15.2. The Labute approximate surface area is 419 Å². The molecule has 1 aliphatic carbocycles. The molecule has 2 aliphatic rings. The molecule has 3 nitrogen and oxygen atoms in total. The lowest BCUT2D eigenvalue weighted by Gasteiger charge is -2.35. The Morgan fingerprint density at radius 2 is 1.10 bits per heavy atom. The molecule has 0 saturated carbocycles. The van der Waals surface area contributed by atoms with E-state index >= 15 is 0 Å². The van der Waals surface area contributed by atoms with Crippen molar-refractivity contribution < 1.29 is 0 Å². The average molecular weight is 922 g/mol. The van der Waals surface area contributed by atoms with Gasteiger partial charge in [0.15, 0.2) is 0 Å². The van der Waals surface area contributed by atoms with Gasteiger partial charge < -0.3 is 14.0 Å². The van der Waals surface area contributed by atoms with Crippen molar-refractivity contribution in [1.29, 1.82) is 0 Å². The third kappa shape index (κ3) is 8.12. The molecule has 71 heavy (non-hydrogen) atoms. The van der Waals surface area contributed by atoms with Crippen LogP contribution >= 0.6 is 0 Å². The Hall–Kier alpha value is -7.62. The smallest absolute Gasteiger partial charge is 0.0497 e. The zero-order valence-corrected chi connectivity index (χ0v) is 41.7. The van der Waals surface area contributed by atoms with Gasteiger partial charge in [-0.2, -0.15) is 0 Å². The maximum atomic E-state index is 2.57. The number of anilines is 2. The van der Waals surface area contributed by atoms with Crippen molar-refractivity contribution in [3.05, 3.63) is 263 Å². The zero-order chi connectivity index (χ0) is 48.1. The van der Waals surface area contributed by atoms with Crippen LogP contribution in [0.5, 0.6) is 0 Å². The summed E-state index contributed by atoms with van der Waals surface area (Å²) >= 11 is 0. The third-order valence-corrected chi connectivity index (χ3v) is 16.2. The maximum absolute atomic E-state index is 2.57. The molecule has 0 saturated heterocycles. The molecule has 1 aliphatic heterocycles. The SMILES string of the molecule is CCn1c2ccccc2c2cc(C(C)C(Cc3ccccc3)c3ccc4c(c3)CC3=C(C=CC(C[C@@](C)(Cc5ccccc5)c5ccc6c(c5)c5ccccc5n6CC)=CC3)N4c3ccccc3)ccc21. The molecule has 0 spiro atoms. The number of hydrogen-bond acceptors (Lipinski definition) is 1. The van der Waals surface area contributed by atoms with Crippen molar-refractivity contribution in [3.63, 3.8) is 0 Å². The second kappa shape index (κ2) is 18.6. The van der Waals surface area contributed by atoms with Crippen LogP contribution in [0.3, 0.4) is 0 Å². The van der Waals surface area contributed by atoms with Crippen molar-refractivity contribution >= 4 is 55.0 Å². The number of rotatable bonds is 13. The van der Waals surface area contributed by atoms with Crippen LogP contribution < -0.4 is 4.90 Å². The number of hydrogen-bond donors (Lipinski definition) is 0. The van der Waals surface area contributed by atoms with Gasteiger partial charge in [-0.1, -0.05) is 171 Å². The van der Waals surface area contributed by atoms with Crippen LogP contribution in [0.1, 0.15) is 85.8 Å². The van der Waals surface area contributed by atoms with E-state index in [-0.39, 0.29) is 17.3 Å². The minimum atomic E-state index is -0.148. The van der Waals surface area contributed by atoms with Gasteiger partial charge in [-0.25, -0.2) is 0 Å². The van der Waals surface area contributed by atoms with E-state index in [1.807, 2.05) is 0 Å². The molecule has 2 unspecified atom stereocenters. The van der Waals surface area contributed by atoms with Gasteiger partial charge in [-0.05, 0) is 157 Å². The van der Waals surface area contributed by atoms with Gasteiger partial charge in [0.25, 0.3) is 0 Å². The molecule has 350 valence electrons. The first-order chi connectivity index (χ1) is 34.9. The summed E-state index contributed by atoms with van der Waals surface area (Å²) in [7, 11) is 0. The highest BCUT2D eigenvalue weighted by Crippen LogP contribution is 2.46. The third-order valence-electron chi connectivity index (χ3n) is 16.2. The summed E-state index contributed by atoms with van der Waals surface area (Å²) in [6.45, 7) is 11.4. The fourth-order valence-corrected chi connectivity index (χ4v) is 12.6. The van der Waals surface area contributed by atoms with Gasteiger partial charge in [0.2, 0.25) is 0 Å². The molecule has 0 fully saturated rings. The summed E-state index contributed by atoms with van der Waals surface area (Å²) in [5.74, 6) is 0.563. The van der Waals surface area contributed by atoms with Crippen LogP contribution in [-0.4, -0.2) is 9.13 Å². The van der Waals surface area contributed by atoms with Crippen LogP contribution in [0.4, 0.5) is 11.4 Å². The van der Waals surface area contributed by atoms with Gasteiger partial charge in [0, 0.05) is 79.2 Å². The number of aryl methyl sites for hydroxylation is 2. The number of allylic oxidation sites excluding steroid dienone is 5. The predicted molar refractivity (Wildman–Crippen MR) is 301 cm³/mol. The van der Waals surface area contributed by atoms with E-state index in [1.165, 1.54) is 105 Å². The van der Waals surface area contributed by atoms with Crippen LogP contribution in [0.25, 0.3) is 43.6 Å². The molecule has 3 heteroatoms. The van der Waals surface area contributed by atoms with E-state index in [0.29, 0.717) is 0 Å². The second-order valence-electron chi connectivity index (χ2n) is 20.6. The normalized spacial score (nSPS) is 15.4. The van der Waals surface area contributed by atoms with E-state index in [2.05, 4.69) is 254 Å². The minimum absolute atomic E-state index is 0.148. The highest BCUT2D eigenvalue weighted by Gasteiger charge is 2.32. The first kappa shape index (κ1) is 44.6. The first-order valence-electron chi connectivity index (χ1n) is 26.0. The summed E-state index contributed by atoms with van der Waals surface area (Å²) in [6, 6.07) is 73.1. The van der Waals surface area contributed by atoms with Crippen molar-refractivity contribution in [1.82, 2.24) is 9.13 Å². The maximum Gasteiger partial charge on any atom is 0.0497 e. The zero-order valence-electron chi connectivity index (χ0n) is 41.7. The number of nitrogens with zero attached hydrogens (tertiary/aromatic N) is 3. The minimum Gasteiger partial charge on any atom is -0.341 e. The van der Waals surface area contributed by atoms with Crippen molar-refractivity contribution in [2.24, 2.45) is 0 Å². The van der Waals surface area contributed by atoms with Crippen LogP contribution in [0, 0.1) is 0 Å². The van der Waals surface area contributed by atoms with Crippen LogP contribution in [0.15, 0.2) is 229 Å². The number of para-hydroxylation sites is 3. The van der Waals surface area contributed by atoms with E-state index in [4.69, 9.17) is 0 Å². The van der Waals surface area contributed by atoms with E-state index in [0.717, 1.165) is 45.2 Å². The first-order valence-corrected chi connectivity index (χ1v) is 26.0. The summed E-state index contributed by atoms with van der Waals surface area (Å²) in [4.78, 5) is 2.54. The lowest BCUT2D eigenvalue weighted by molar-refractivity contribution is 0.467. The molecule has 12 rings (SSSR count). The monoisotopic (exact) mass is 922 g/mol. The fourth-order valence-electron chi connectivity index (χ4n) is 12.6. The molecular weight excluding hydrogens is 859 g/mol. The molecule has 2 aromatic heterocycles. The van der Waals surface area contributed by atoms with Gasteiger partial charge in [0.05, 0.1) is 0 Å². The molecule has 3 atom stereocenters. The van der Waals surface area contributed by atoms with Crippen molar-refractivity contribution in [2.45, 2.75) is 90.1 Å². The van der Waals surface area contributed by atoms with Crippen LogP contribution in [-0.2, 0) is 37.8 Å². The summed E-state index contributed by atoms with van der Waals surface area (Å²) in [5, 5.41) is 5.37. The Morgan fingerprint density at radius 3 is 1.77 bits per heavy atom.